The highest BCUT2D eigenvalue weighted by molar-refractivity contribution is 5.47. The maximum absolute atomic E-state index is 4.60. The van der Waals surface area contributed by atoms with Crippen molar-refractivity contribution < 1.29 is 0 Å². The molecule has 106 valence electrons. The van der Waals surface area contributed by atoms with E-state index in [1.807, 2.05) is 13.1 Å². The van der Waals surface area contributed by atoms with E-state index in [9.17, 15) is 0 Å². The lowest BCUT2D eigenvalue weighted by atomic mass is 9.83. The lowest BCUT2D eigenvalue weighted by Gasteiger charge is -2.32. The number of aryl methyl sites for hydroxylation is 1. The third kappa shape index (κ3) is 3.58. The van der Waals surface area contributed by atoms with Crippen LogP contribution in [0.25, 0.3) is 0 Å². The summed E-state index contributed by atoms with van der Waals surface area (Å²) in [5.41, 5.74) is 0. The molecule has 1 aromatic rings. The van der Waals surface area contributed by atoms with Gasteiger partial charge in [-0.15, -0.1) is 0 Å². The number of hydrogen-bond acceptors (Lipinski definition) is 4. The van der Waals surface area contributed by atoms with Crippen molar-refractivity contribution >= 4 is 11.6 Å². The van der Waals surface area contributed by atoms with E-state index in [-0.39, 0.29) is 0 Å². The van der Waals surface area contributed by atoms with E-state index in [4.69, 9.17) is 0 Å². The first-order valence-corrected chi connectivity index (χ1v) is 7.59. The monoisotopic (exact) mass is 262 g/mol. The lowest BCUT2D eigenvalue weighted by molar-refractivity contribution is 0.317. The molecule has 2 atom stereocenters. The molecule has 1 aromatic heterocycles. The zero-order valence-corrected chi connectivity index (χ0v) is 12.4. The maximum Gasteiger partial charge on any atom is 0.132 e. The van der Waals surface area contributed by atoms with Crippen molar-refractivity contribution in [2.75, 3.05) is 17.7 Å². The molecule has 0 aromatic carbocycles. The molecule has 4 heteroatoms. The highest BCUT2D eigenvalue weighted by Crippen LogP contribution is 2.29. The van der Waals surface area contributed by atoms with Crippen LogP contribution in [0.15, 0.2) is 6.07 Å². The summed E-state index contributed by atoms with van der Waals surface area (Å²) >= 11 is 0. The summed E-state index contributed by atoms with van der Waals surface area (Å²) in [7, 11) is 1.90. The summed E-state index contributed by atoms with van der Waals surface area (Å²) in [5, 5.41) is 6.75. The number of hydrogen-bond donors (Lipinski definition) is 2. The molecular weight excluding hydrogens is 236 g/mol. The summed E-state index contributed by atoms with van der Waals surface area (Å²) < 4.78 is 0. The summed E-state index contributed by atoms with van der Waals surface area (Å²) in [6, 6.07) is 2.59. The van der Waals surface area contributed by atoms with Gasteiger partial charge in [-0.25, -0.2) is 9.97 Å². The number of anilines is 2. The Bertz CT molecular complexity index is 383. The van der Waals surface area contributed by atoms with Crippen molar-refractivity contribution in [3.05, 3.63) is 11.9 Å². The number of nitrogens with zero attached hydrogens (tertiary/aromatic N) is 2. The second-order valence-corrected chi connectivity index (χ2v) is 5.36. The molecule has 0 saturated heterocycles. The van der Waals surface area contributed by atoms with Crippen molar-refractivity contribution in [3.63, 3.8) is 0 Å². The van der Waals surface area contributed by atoms with Crippen LogP contribution >= 0.6 is 0 Å². The van der Waals surface area contributed by atoms with Gasteiger partial charge in [0.2, 0.25) is 0 Å². The summed E-state index contributed by atoms with van der Waals surface area (Å²) in [5.74, 6) is 3.56. The number of aromatic nitrogens is 2. The van der Waals surface area contributed by atoms with Gasteiger partial charge in [0.25, 0.3) is 0 Å². The Morgan fingerprint density at radius 1 is 1.16 bits per heavy atom. The van der Waals surface area contributed by atoms with E-state index in [1.54, 1.807) is 0 Å². The van der Waals surface area contributed by atoms with E-state index in [1.165, 1.54) is 32.1 Å². The zero-order chi connectivity index (χ0) is 13.7. The van der Waals surface area contributed by atoms with Crippen molar-refractivity contribution in [2.45, 2.75) is 58.4 Å². The van der Waals surface area contributed by atoms with Crippen LogP contribution < -0.4 is 10.6 Å². The Hall–Kier alpha value is -1.32. The Morgan fingerprint density at radius 3 is 2.58 bits per heavy atom. The molecule has 1 fully saturated rings. The smallest absolute Gasteiger partial charge is 0.132 e. The highest BCUT2D eigenvalue weighted by atomic mass is 15.1. The average molecular weight is 262 g/mol. The first-order valence-electron chi connectivity index (χ1n) is 7.59. The van der Waals surface area contributed by atoms with E-state index in [0.717, 1.165) is 29.8 Å². The average Bonchev–Trinajstić information content (AvgIpc) is 2.47. The fourth-order valence-corrected chi connectivity index (χ4v) is 2.93. The van der Waals surface area contributed by atoms with Crippen LogP contribution in [0.4, 0.5) is 11.6 Å². The summed E-state index contributed by atoms with van der Waals surface area (Å²) in [6.07, 6.45) is 7.44. The first-order chi connectivity index (χ1) is 9.26. The molecule has 0 bridgehead atoms. The minimum Gasteiger partial charge on any atom is -0.373 e. The molecule has 2 rings (SSSR count). The predicted molar refractivity (Wildman–Crippen MR) is 80.6 cm³/mol. The molecular formula is C15H26N4. The second-order valence-electron chi connectivity index (χ2n) is 5.36. The number of rotatable bonds is 5. The van der Waals surface area contributed by atoms with Crippen LogP contribution in [-0.4, -0.2) is 23.1 Å². The van der Waals surface area contributed by atoms with E-state index < -0.39 is 0 Å². The van der Waals surface area contributed by atoms with Gasteiger partial charge in [0.05, 0.1) is 0 Å². The molecule has 1 heterocycles. The molecule has 0 spiro atoms. The largest absolute Gasteiger partial charge is 0.373 e. The molecule has 0 radical (unpaired) electrons. The van der Waals surface area contributed by atoms with Crippen LogP contribution in [0.3, 0.4) is 0 Å². The highest BCUT2D eigenvalue weighted by Gasteiger charge is 2.23. The molecule has 1 aliphatic carbocycles. The fraction of sp³-hybridized carbons (Fsp3) is 0.733. The summed E-state index contributed by atoms with van der Waals surface area (Å²) in [6.45, 7) is 4.38. The van der Waals surface area contributed by atoms with Gasteiger partial charge in [-0.1, -0.05) is 33.1 Å². The van der Waals surface area contributed by atoms with Gasteiger partial charge in [-0.2, -0.15) is 0 Å². The van der Waals surface area contributed by atoms with Gasteiger partial charge in [0.1, 0.15) is 17.5 Å². The molecule has 1 aliphatic rings. The van der Waals surface area contributed by atoms with Gasteiger partial charge in [0, 0.05) is 25.6 Å². The normalized spacial score (nSPS) is 23.1. The Balaban J connectivity index is 2.12. The predicted octanol–water partition coefficient (Wildman–Crippen LogP) is 3.46. The van der Waals surface area contributed by atoms with Crippen LogP contribution in [-0.2, 0) is 6.42 Å². The fourth-order valence-electron chi connectivity index (χ4n) is 2.93. The maximum atomic E-state index is 4.60. The van der Waals surface area contributed by atoms with E-state index in [2.05, 4.69) is 34.4 Å². The molecule has 2 N–H and O–H groups in total. The van der Waals surface area contributed by atoms with Gasteiger partial charge < -0.3 is 10.6 Å². The van der Waals surface area contributed by atoms with Crippen molar-refractivity contribution in [3.8, 4) is 0 Å². The second kappa shape index (κ2) is 6.73. The quantitative estimate of drug-likeness (QED) is 0.853. The molecule has 1 saturated carbocycles. The zero-order valence-electron chi connectivity index (χ0n) is 12.4. The van der Waals surface area contributed by atoms with Crippen LogP contribution in [0, 0.1) is 5.92 Å². The Labute approximate surface area is 116 Å². The Morgan fingerprint density at radius 2 is 1.89 bits per heavy atom. The lowest BCUT2D eigenvalue weighted by Crippen LogP contribution is -2.32. The van der Waals surface area contributed by atoms with Gasteiger partial charge >= 0.3 is 0 Å². The minimum atomic E-state index is 0.572. The van der Waals surface area contributed by atoms with Crippen molar-refractivity contribution in [1.29, 1.82) is 0 Å². The number of nitrogens with one attached hydrogen (secondary N) is 2. The van der Waals surface area contributed by atoms with E-state index >= 15 is 0 Å². The SMILES string of the molecule is CCc1nc(NC)cc(NC2CCCCC2CC)n1. The van der Waals surface area contributed by atoms with Gasteiger partial charge in [0.15, 0.2) is 0 Å². The van der Waals surface area contributed by atoms with E-state index in [0.29, 0.717) is 6.04 Å². The molecule has 0 amide bonds. The third-order valence-electron chi connectivity index (χ3n) is 4.11. The van der Waals surface area contributed by atoms with Crippen LogP contribution in [0.2, 0.25) is 0 Å². The van der Waals surface area contributed by atoms with Crippen molar-refractivity contribution in [2.24, 2.45) is 5.92 Å². The first kappa shape index (κ1) is 14.1. The van der Waals surface area contributed by atoms with Crippen molar-refractivity contribution in [1.82, 2.24) is 9.97 Å². The molecule has 4 nitrogen and oxygen atoms in total. The Kier molecular flexibility index (Phi) is 5.00. The van der Waals surface area contributed by atoms with Crippen LogP contribution in [0.1, 0.15) is 51.8 Å². The molecule has 0 aliphatic heterocycles. The van der Waals surface area contributed by atoms with Gasteiger partial charge in [-0.05, 0) is 18.8 Å². The minimum absolute atomic E-state index is 0.572. The van der Waals surface area contributed by atoms with Gasteiger partial charge in [-0.3, -0.25) is 0 Å². The molecule has 19 heavy (non-hydrogen) atoms. The molecule has 2 unspecified atom stereocenters. The standard InChI is InChI=1S/C15H26N4/c1-4-11-8-6-7-9-12(11)17-15-10-14(16-3)18-13(5-2)19-15/h10-12H,4-9H2,1-3H3,(H2,16,17,18,19). The summed E-state index contributed by atoms with van der Waals surface area (Å²) in [4.78, 5) is 9.04. The third-order valence-corrected chi connectivity index (χ3v) is 4.11. The van der Waals surface area contributed by atoms with Crippen LogP contribution in [0.5, 0.6) is 0 Å². The topological polar surface area (TPSA) is 49.8 Å².